The second-order valence-corrected chi connectivity index (χ2v) is 5.72. The third-order valence-corrected chi connectivity index (χ3v) is 4.25. The fraction of sp³-hybridized carbons (Fsp3) is 0.167. The molecular weight excluding hydrogens is 324 g/mol. The van der Waals surface area contributed by atoms with Gasteiger partial charge in [-0.1, -0.05) is 24.3 Å². The summed E-state index contributed by atoms with van der Waals surface area (Å²) in [4.78, 5) is 34.8. The van der Waals surface area contributed by atoms with Gasteiger partial charge < -0.3 is 20.1 Å². The molecule has 0 spiro atoms. The summed E-state index contributed by atoms with van der Waals surface area (Å²) in [5.74, 6) is -2.80. The van der Waals surface area contributed by atoms with Crippen LogP contribution in [0.1, 0.15) is 16.1 Å². The lowest BCUT2D eigenvalue weighted by molar-refractivity contribution is -0.139. The van der Waals surface area contributed by atoms with Gasteiger partial charge in [-0.15, -0.1) is 0 Å². The number of carbonyl (C=O) groups is 3. The standard InChI is InChI=1S/C18H16N2O5/c1-9-14(16(23)18(19)24)15-12(20(9)2)7-10-5-3-4-6-11(10)17(15)25-8-13(21)22/h3-7H,8H2,1-2H3,(H2,19,24)(H,21,22). The van der Waals surface area contributed by atoms with Gasteiger partial charge in [0.1, 0.15) is 5.75 Å². The molecule has 0 radical (unpaired) electrons. The summed E-state index contributed by atoms with van der Waals surface area (Å²) in [7, 11) is 1.76. The fourth-order valence-corrected chi connectivity index (χ4v) is 3.02. The van der Waals surface area contributed by atoms with Crippen LogP contribution in [-0.2, 0) is 16.6 Å². The minimum absolute atomic E-state index is 0.135. The molecule has 25 heavy (non-hydrogen) atoms. The van der Waals surface area contributed by atoms with Gasteiger partial charge in [-0.25, -0.2) is 4.79 Å². The molecule has 3 rings (SSSR count). The molecule has 128 valence electrons. The van der Waals surface area contributed by atoms with Crippen molar-refractivity contribution in [1.82, 2.24) is 4.57 Å². The molecule has 1 amide bonds. The minimum Gasteiger partial charge on any atom is -0.481 e. The Bertz CT molecular complexity index is 1050. The summed E-state index contributed by atoms with van der Waals surface area (Å²) in [6, 6.07) is 9.13. The van der Waals surface area contributed by atoms with Crippen LogP contribution in [0.3, 0.4) is 0 Å². The normalized spacial score (nSPS) is 11.0. The Kier molecular flexibility index (Phi) is 3.92. The lowest BCUT2D eigenvalue weighted by atomic mass is 10.0. The van der Waals surface area contributed by atoms with Gasteiger partial charge in [-0.3, -0.25) is 9.59 Å². The number of amides is 1. The molecule has 0 bridgehead atoms. The molecule has 7 heteroatoms. The molecule has 0 saturated carbocycles. The molecule has 0 saturated heterocycles. The van der Waals surface area contributed by atoms with Crippen LogP contribution in [0.2, 0.25) is 0 Å². The van der Waals surface area contributed by atoms with Gasteiger partial charge in [0.05, 0.1) is 16.5 Å². The van der Waals surface area contributed by atoms with E-state index in [1.807, 2.05) is 18.2 Å². The van der Waals surface area contributed by atoms with E-state index in [0.29, 0.717) is 22.0 Å². The molecule has 3 aromatic rings. The van der Waals surface area contributed by atoms with Crippen LogP contribution in [0.4, 0.5) is 0 Å². The topological polar surface area (TPSA) is 112 Å². The van der Waals surface area contributed by atoms with Gasteiger partial charge in [0, 0.05) is 18.1 Å². The second kappa shape index (κ2) is 5.94. The number of nitrogens with zero attached hydrogens (tertiary/aromatic N) is 1. The number of benzene rings is 2. The van der Waals surface area contributed by atoms with E-state index in [2.05, 4.69) is 0 Å². The Morgan fingerprint density at radius 3 is 2.56 bits per heavy atom. The molecule has 0 aliphatic rings. The number of primary amides is 1. The molecule has 7 nitrogen and oxygen atoms in total. The van der Waals surface area contributed by atoms with Crippen LogP contribution >= 0.6 is 0 Å². The molecule has 2 aromatic carbocycles. The smallest absolute Gasteiger partial charge is 0.341 e. The predicted molar refractivity (Wildman–Crippen MR) is 91.8 cm³/mol. The van der Waals surface area contributed by atoms with Gasteiger partial charge in [0.2, 0.25) is 0 Å². The quantitative estimate of drug-likeness (QED) is 0.543. The number of aryl methyl sites for hydroxylation is 1. The van der Waals surface area contributed by atoms with Crippen molar-refractivity contribution in [3.8, 4) is 5.75 Å². The van der Waals surface area contributed by atoms with Crippen LogP contribution in [0.25, 0.3) is 21.7 Å². The maximum atomic E-state index is 12.4. The summed E-state index contributed by atoms with van der Waals surface area (Å²) in [6.07, 6.45) is 0. The summed E-state index contributed by atoms with van der Waals surface area (Å²) in [5.41, 5.74) is 6.53. The number of carbonyl (C=O) groups excluding carboxylic acids is 2. The van der Waals surface area contributed by atoms with Crippen molar-refractivity contribution in [2.24, 2.45) is 12.8 Å². The van der Waals surface area contributed by atoms with E-state index in [0.717, 1.165) is 5.39 Å². The third kappa shape index (κ3) is 2.59. The first-order valence-corrected chi connectivity index (χ1v) is 7.52. The van der Waals surface area contributed by atoms with Crippen molar-refractivity contribution in [2.75, 3.05) is 6.61 Å². The first kappa shape index (κ1) is 16.5. The minimum atomic E-state index is -1.14. The number of aliphatic carboxylic acids is 1. The number of ketones is 1. The summed E-state index contributed by atoms with van der Waals surface area (Å²) in [6.45, 7) is 1.13. The van der Waals surface area contributed by atoms with E-state index in [1.54, 1.807) is 30.7 Å². The summed E-state index contributed by atoms with van der Waals surface area (Å²) < 4.78 is 7.27. The zero-order chi connectivity index (χ0) is 18.3. The highest BCUT2D eigenvalue weighted by Gasteiger charge is 2.26. The number of carboxylic acid groups (broad SMARTS) is 1. The number of ether oxygens (including phenoxy) is 1. The maximum Gasteiger partial charge on any atom is 0.341 e. The monoisotopic (exact) mass is 340 g/mol. The van der Waals surface area contributed by atoms with Gasteiger partial charge in [-0.2, -0.15) is 0 Å². The molecule has 0 atom stereocenters. The molecule has 0 aliphatic carbocycles. The predicted octanol–water partition coefficient (Wildman–Crippen LogP) is 1.77. The SMILES string of the molecule is Cc1c(C(=O)C(N)=O)c2c(OCC(=O)O)c3ccccc3cc2n1C. The van der Waals surface area contributed by atoms with Crippen molar-refractivity contribution < 1.29 is 24.2 Å². The van der Waals surface area contributed by atoms with Crippen molar-refractivity contribution in [3.63, 3.8) is 0 Å². The average molecular weight is 340 g/mol. The molecular formula is C18H16N2O5. The molecule has 1 heterocycles. The highest BCUT2D eigenvalue weighted by atomic mass is 16.5. The lowest BCUT2D eigenvalue weighted by Gasteiger charge is -2.11. The first-order valence-electron chi connectivity index (χ1n) is 7.52. The van der Waals surface area contributed by atoms with Crippen LogP contribution in [0.5, 0.6) is 5.75 Å². The fourth-order valence-electron chi connectivity index (χ4n) is 3.02. The number of aromatic nitrogens is 1. The van der Waals surface area contributed by atoms with Crippen LogP contribution in [0.15, 0.2) is 30.3 Å². The van der Waals surface area contributed by atoms with Crippen LogP contribution < -0.4 is 10.5 Å². The van der Waals surface area contributed by atoms with Gasteiger partial charge in [-0.05, 0) is 18.4 Å². The van der Waals surface area contributed by atoms with Gasteiger partial charge >= 0.3 is 5.97 Å². The molecule has 3 N–H and O–H groups in total. The largest absolute Gasteiger partial charge is 0.481 e. The average Bonchev–Trinajstić information content (AvgIpc) is 2.82. The van der Waals surface area contributed by atoms with Crippen molar-refractivity contribution in [3.05, 3.63) is 41.6 Å². The Hall–Kier alpha value is -3.35. The van der Waals surface area contributed by atoms with E-state index in [9.17, 15) is 14.4 Å². The van der Waals surface area contributed by atoms with E-state index >= 15 is 0 Å². The number of Topliss-reactive ketones (excluding diaryl/α,β-unsaturated/α-hetero) is 1. The number of carboxylic acids is 1. The van der Waals surface area contributed by atoms with Crippen molar-refractivity contribution in [2.45, 2.75) is 6.92 Å². The lowest BCUT2D eigenvalue weighted by Crippen LogP contribution is -2.23. The summed E-state index contributed by atoms with van der Waals surface area (Å²) >= 11 is 0. The van der Waals surface area contributed by atoms with Crippen LogP contribution in [-0.4, -0.2) is 33.9 Å². The number of hydrogen-bond donors (Lipinski definition) is 2. The van der Waals surface area contributed by atoms with Crippen molar-refractivity contribution >= 4 is 39.3 Å². The van der Waals surface area contributed by atoms with Gasteiger partial charge in [0.15, 0.2) is 6.61 Å². The van der Waals surface area contributed by atoms with E-state index in [1.165, 1.54) is 0 Å². The highest BCUT2D eigenvalue weighted by molar-refractivity contribution is 6.45. The highest BCUT2D eigenvalue weighted by Crippen LogP contribution is 2.39. The second-order valence-electron chi connectivity index (χ2n) is 5.72. The number of nitrogens with two attached hydrogens (primary N) is 1. The van der Waals surface area contributed by atoms with Gasteiger partial charge in [0.25, 0.3) is 11.7 Å². The zero-order valence-corrected chi connectivity index (χ0v) is 13.7. The zero-order valence-electron chi connectivity index (χ0n) is 13.7. The van der Waals surface area contributed by atoms with E-state index < -0.39 is 24.3 Å². The summed E-state index contributed by atoms with van der Waals surface area (Å²) in [5, 5.41) is 10.8. The number of fused-ring (bicyclic) bond motifs is 2. The Morgan fingerprint density at radius 1 is 1.24 bits per heavy atom. The maximum absolute atomic E-state index is 12.4. The van der Waals surface area contributed by atoms with E-state index in [-0.39, 0.29) is 11.3 Å². The Balaban J connectivity index is 2.46. The van der Waals surface area contributed by atoms with Crippen LogP contribution in [0, 0.1) is 6.92 Å². The molecule has 0 aliphatic heterocycles. The Labute approximate surface area is 142 Å². The third-order valence-electron chi connectivity index (χ3n) is 4.25. The Morgan fingerprint density at radius 2 is 1.92 bits per heavy atom. The molecule has 1 aromatic heterocycles. The molecule has 0 fully saturated rings. The van der Waals surface area contributed by atoms with E-state index in [4.69, 9.17) is 15.6 Å². The van der Waals surface area contributed by atoms with Crippen molar-refractivity contribution in [1.29, 1.82) is 0 Å². The number of rotatable bonds is 5. The molecule has 0 unspecified atom stereocenters. The number of hydrogen-bond acceptors (Lipinski definition) is 4. The first-order chi connectivity index (χ1) is 11.8.